The van der Waals surface area contributed by atoms with Crippen molar-refractivity contribution in [3.05, 3.63) is 0 Å². The minimum absolute atomic E-state index is 0.0940. The molecule has 1 aliphatic carbocycles. The van der Waals surface area contributed by atoms with Gasteiger partial charge in [0.2, 0.25) is 5.91 Å². The van der Waals surface area contributed by atoms with Crippen molar-refractivity contribution in [2.75, 3.05) is 6.54 Å². The zero-order valence-electron chi connectivity index (χ0n) is 8.63. The quantitative estimate of drug-likeness (QED) is 0.530. The third-order valence-corrected chi connectivity index (χ3v) is 2.29. The highest BCUT2D eigenvalue weighted by Gasteiger charge is 2.36. The van der Waals surface area contributed by atoms with Gasteiger partial charge < -0.3 is 20.8 Å². The fourth-order valence-corrected chi connectivity index (χ4v) is 1.41. The van der Waals surface area contributed by atoms with E-state index in [4.69, 9.17) is 15.9 Å². The minimum atomic E-state index is -1.17. The molecule has 0 radical (unpaired) electrons. The average molecular weight is 230 g/mol. The first-order chi connectivity index (χ1) is 7.41. The summed E-state index contributed by atoms with van der Waals surface area (Å²) in [6.45, 7) is -0.420. The number of nitrogens with zero attached hydrogens (tertiary/aromatic N) is 1. The summed E-state index contributed by atoms with van der Waals surface area (Å²) < 4.78 is 0. The molecule has 1 unspecified atom stereocenters. The molecular formula is C9H14N2O5. The van der Waals surface area contributed by atoms with Crippen molar-refractivity contribution in [2.45, 2.75) is 31.3 Å². The number of carboxylic acids is 2. The van der Waals surface area contributed by atoms with Crippen LogP contribution >= 0.6 is 0 Å². The summed E-state index contributed by atoms with van der Waals surface area (Å²) in [6.07, 6.45) is 1.01. The van der Waals surface area contributed by atoms with Crippen molar-refractivity contribution in [1.82, 2.24) is 4.90 Å². The lowest BCUT2D eigenvalue weighted by Crippen LogP contribution is -2.47. The van der Waals surface area contributed by atoms with Crippen LogP contribution in [0.4, 0.5) is 0 Å². The molecule has 0 spiro atoms. The summed E-state index contributed by atoms with van der Waals surface area (Å²) in [5, 5.41) is 17.1. The van der Waals surface area contributed by atoms with E-state index in [1.807, 2.05) is 0 Å². The van der Waals surface area contributed by atoms with Crippen molar-refractivity contribution in [2.24, 2.45) is 5.73 Å². The number of carbonyl (C=O) groups excluding carboxylic acids is 1. The first-order valence-corrected chi connectivity index (χ1v) is 4.91. The van der Waals surface area contributed by atoms with E-state index >= 15 is 0 Å². The zero-order chi connectivity index (χ0) is 12.3. The molecule has 0 aromatic heterocycles. The van der Waals surface area contributed by atoms with Gasteiger partial charge in [0.05, 0.1) is 12.5 Å². The maximum Gasteiger partial charge on any atom is 0.323 e. The maximum absolute atomic E-state index is 11.7. The predicted molar refractivity (Wildman–Crippen MR) is 52.6 cm³/mol. The van der Waals surface area contributed by atoms with E-state index in [9.17, 15) is 14.4 Å². The van der Waals surface area contributed by atoms with E-state index in [1.54, 1.807) is 0 Å². The number of rotatable bonds is 6. The van der Waals surface area contributed by atoms with E-state index in [0.717, 1.165) is 17.7 Å². The fraction of sp³-hybridized carbons (Fsp3) is 0.667. The first kappa shape index (κ1) is 12.4. The van der Waals surface area contributed by atoms with Crippen LogP contribution in [0.3, 0.4) is 0 Å². The van der Waals surface area contributed by atoms with Gasteiger partial charge in [-0.3, -0.25) is 14.4 Å². The molecule has 90 valence electrons. The van der Waals surface area contributed by atoms with Gasteiger partial charge in [0.15, 0.2) is 0 Å². The van der Waals surface area contributed by atoms with Crippen LogP contribution < -0.4 is 5.73 Å². The number of hydrogen-bond donors (Lipinski definition) is 3. The zero-order valence-corrected chi connectivity index (χ0v) is 8.63. The second kappa shape index (κ2) is 4.93. The molecule has 1 aliphatic rings. The van der Waals surface area contributed by atoms with E-state index < -0.39 is 36.9 Å². The Morgan fingerprint density at radius 1 is 1.25 bits per heavy atom. The molecule has 7 heteroatoms. The molecule has 0 bridgehead atoms. The van der Waals surface area contributed by atoms with Gasteiger partial charge in [-0.1, -0.05) is 0 Å². The Labute approximate surface area is 91.8 Å². The molecule has 7 nitrogen and oxygen atoms in total. The molecule has 0 aromatic rings. The molecule has 1 rings (SSSR count). The topological polar surface area (TPSA) is 121 Å². The maximum atomic E-state index is 11.7. The van der Waals surface area contributed by atoms with Crippen LogP contribution in [0, 0.1) is 0 Å². The lowest BCUT2D eigenvalue weighted by Gasteiger charge is -2.23. The highest BCUT2D eigenvalue weighted by atomic mass is 16.4. The highest BCUT2D eigenvalue weighted by Crippen LogP contribution is 2.27. The summed E-state index contributed by atoms with van der Waals surface area (Å²) in [5.41, 5.74) is 5.40. The van der Waals surface area contributed by atoms with E-state index in [1.165, 1.54) is 0 Å². The van der Waals surface area contributed by atoms with Crippen LogP contribution in [0.1, 0.15) is 19.3 Å². The second-order valence-electron chi connectivity index (χ2n) is 3.80. The molecule has 16 heavy (non-hydrogen) atoms. The number of carbonyl (C=O) groups is 3. The largest absolute Gasteiger partial charge is 0.481 e. The Bertz CT molecular complexity index is 313. The Morgan fingerprint density at radius 3 is 2.19 bits per heavy atom. The number of nitrogens with two attached hydrogens (primary N) is 1. The lowest BCUT2D eigenvalue weighted by molar-refractivity contribution is -0.147. The van der Waals surface area contributed by atoms with Crippen LogP contribution in [0.25, 0.3) is 0 Å². The molecule has 1 atom stereocenters. The Kier molecular flexibility index (Phi) is 3.83. The van der Waals surface area contributed by atoms with Crippen molar-refractivity contribution in [3.63, 3.8) is 0 Å². The smallest absolute Gasteiger partial charge is 0.323 e. The monoisotopic (exact) mass is 230 g/mol. The van der Waals surface area contributed by atoms with Gasteiger partial charge in [-0.05, 0) is 12.8 Å². The van der Waals surface area contributed by atoms with Gasteiger partial charge in [-0.25, -0.2) is 0 Å². The van der Waals surface area contributed by atoms with E-state index in [-0.39, 0.29) is 6.04 Å². The van der Waals surface area contributed by atoms with E-state index in [0.29, 0.717) is 0 Å². The summed E-state index contributed by atoms with van der Waals surface area (Å²) in [5.74, 6) is -2.90. The summed E-state index contributed by atoms with van der Waals surface area (Å²) >= 11 is 0. The number of hydrogen-bond acceptors (Lipinski definition) is 4. The first-order valence-electron chi connectivity index (χ1n) is 4.91. The van der Waals surface area contributed by atoms with Gasteiger partial charge >= 0.3 is 11.9 Å². The van der Waals surface area contributed by atoms with Gasteiger partial charge in [-0.2, -0.15) is 0 Å². The Hall–Kier alpha value is -1.63. The van der Waals surface area contributed by atoms with E-state index in [2.05, 4.69) is 0 Å². The molecule has 1 saturated carbocycles. The summed E-state index contributed by atoms with van der Waals surface area (Å²) in [7, 11) is 0. The third-order valence-electron chi connectivity index (χ3n) is 2.29. The van der Waals surface area contributed by atoms with Crippen LogP contribution in [0.5, 0.6) is 0 Å². The molecule has 0 heterocycles. The summed E-state index contributed by atoms with van der Waals surface area (Å²) in [4.78, 5) is 33.7. The SMILES string of the molecule is NC(CC(=O)O)C(=O)N(CC(=O)O)C1CC1. The van der Waals surface area contributed by atoms with Crippen LogP contribution in [-0.2, 0) is 14.4 Å². The molecule has 0 aliphatic heterocycles. The normalized spacial score (nSPS) is 16.6. The lowest BCUT2D eigenvalue weighted by atomic mass is 10.2. The number of amides is 1. The van der Waals surface area contributed by atoms with Gasteiger partial charge in [0.25, 0.3) is 0 Å². The van der Waals surface area contributed by atoms with Crippen LogP contribution in [0.2, 0.25) is 0 Å². The third kappa shape index (κ3) is 3.50. The molecule has 1 fully saturated rings. The van der Waals surface area contributed by atoms with Crippen molar-refractivity contribution >= 4 is 17.8 Å². The Morgan fingerprint density at radius 2 is 1.81 bits per heavy atom. The van der Waals surface area contributed by atoms with Gasteiger partial charge in [0, 0.05) is 6.04 Å². The molecule has 4 N–H and O–H groups in total. The van der Waals surface area contributed by atoms with Crippen molar-refractivity contribution in [3.8, 4) is 0 Å². The van der Waals surface area contributed by atoms with Crippen LogP contribution in [-0.4, -0.2) is 51.6 Å². The standard InChI is InChI=1S/C9H14N2O5/c10-6(3-7(12)13)9(16)11(4-8(14)15)5-1-2-5/h5-6H,1-4,10H2,(H,12,13)(H,14,15). The average Bonchev–Trinajstić information content (AvgIpc) is 2.94. The van der Waals surface area contributed by atoms with Crippen molar-refractivity contribution < 1.29 is 24.6 Å². The predicted octanol–water partition coefficient (Wildman–Crippen LogP) is -1.14. The Balaban J connectivity index is 2.59. The van der Waals surface area contributed by atoms with Crippen LogP contribution in [0.15, 0.2) is 0 Å². The molecule has 0 saturated heterocycles. The highest BCUT2D eigenvalue weighted by molar-refractivity contribution is 5.88. The molecule has 0 aromatic carbocycles. The van der Waals surface area contributed by atoms with Gasteiger partial charge in [-0.15, -0.1) is 0 Å². The van der Waals surface area contributed by atoms with Crippen molar-refractivity contribution in [1.29, 1.82) is 0 Å². The minimum Gasteiger partial charge on any atom is -0.481 e. The fourth-order valence-electron chi connectivity index (χ4n) is 1.41. The number of carboxylic acid groups (broad SMARTS) is 2. The summed E-state index contributed by atoms with van der Waals surface area (Å²) in [6, 6.07) is -1.26. The number of aliphatic carboxylic acids is 2. The van der Waals surface area contributed by atoms with Gasteiger partial charge in [0.1, 0.15) is 6.54 Å². The molecular weight excluding hydrogens is 216 g/mol. The second-order valence-corrected chi connectivity index (χ2v) is 3.80. The molecule has 1 amide bonds.